The lowest BCUT2D eigenvalue weighted by Gasteiger charge is -2.16. The Hall–Kier alpha value is -7.82. The van der Waals surface area contributed by atoms with E-state index in [1.54, 1.807) is 0 Å². The van der Waals surface area contributed by atoms with Gasteiger partial charge in [0.25, 0.3) is 0 Å². The van der Waals surface area contributed by atoms with Crippen molar-refractivity contribution in [3.8, 4) is 44.8 Å². The molecule has 4 nitrogen and oxygen atoms in total. The summed E-state index contributed by atoms with van der Waals surface area (Å²) in [6, 6.07) is 67.0. The number of hydrogen-bond acceptors (Lipinski definition) is 3. The summed E-state index contributed by atoms with van der Waals surface area (Å²) in [5.74, 6) is 0. The molecule has 0 spiro atoms. The second-order valence-corrected chi connectivity index (χ2v) is 15.3. The van der Waals surface area contributed by atoms with Crippen molar-refractivity contribution in [3.63, 3.8) is 0 Å². The molecule has 268 valence electrons. The Morgan fingerprint density at radius 1 is 0.362 bits per heavy atom. The zero-order valence-electron chi connectivity index (χ0n) is 31.1. The third kappa shape index (κ3) is 4.45. The minimum Gasteiger partial charge on any atom is -0.456 e. The van der Waals surface area contributed by atoms with Crippen molar-refractivity contribution in [3.05, 3.63) is 188 Å². The quantitative estimate of drug-likeness (QED) is 0.181. The second-order valence-electron chi connectivity index (χ2n) is 15.3. The fourth-order valence-electron chi connectivity index (χ4n) is 9.50. The van der Waals surface area contributed by atoms with Crippen LogP contribution in [-0.2, 0) is 0 Å². The lowest BCUT2D eigenvalue weighted by atomic mass is 9.93. The average Bonchev–Trinajstić information content (AvgIpc) is 3.80. The Kier molecular flexibility index (Phi) is 6.41. The summed E-state index contributed by atoms with van der Waals surface area (Å²) in [4.78, 5) is 11.2. The summed E-state index contributed by atoms with van der Waals surface area (Å²) in [5.41, 5.74) is 14.9. The van der Waals surface area contributed by atoms with Gasteiger partial charge in [0.05, 0.1) is 44.4 Å². The molecular weight excluding hydrogens is 707 g/mol. The van der Waals surface area contributed by atoms with Gasteiger partial charge in [0, 0.05) is 32.7 Å². The van der Waals surface area contributed by atoms with Crippen molar-refractivity contribution in [2.75, 3.05) is 0 Å². The molecule has 4 aromatic heterocycles. The molecule has 0 saturated heterocycles. The van der Waals surface area contributed by atoms with Gasteiger partial charge in [0.15, 0.2) is 0 Å². The number of fused-ring (bicyclic) bond motifs is 7. The molecule has 0 bridgehead atoms. The molecule has 58 heavy (non-hydrogen) atoms. The van der Waals surface area contributed by atoms with Gasteiger partial charge >= 0.3 is 0 Å². The zero-order valence-corrected chi connectivity index (χ0v) is 31.1. The Balaban J connectivity index is 1.18. The molecule has 0 amide bonds. The summed E-state index contributed by atoms with van der Waals surface area (Å²) in [5, 5.41) is 9.42. The zero-order chi connectivity index (χ0) is 37.9. The third-order valence-electron chi connectivity index (χ3n) is 12.1. The topological polar surface area (TPSA) is 43.3 Å². The molecule has 0 aliphatic rings. The fourth-order valence-corrected chi connectivity index (χ4v) is 9.50. The van der Waals surface area contributed by atoms with E-state index in [1.807, 2.05) is 0 Å². The van der Waals surface area contributed by atoms with E-state index in [0.29, 0.717) is 0 Å². The van der Waals surface area contributed by atoms with Gasteiger partial charge in [-0.15, -0.1) is 0 Å². The molecule has 0 radical (unpaired) electrons. The lowest BCUT2D eigenvalue weighted by molar-refractivity contribution is 0.669. The van der Waals surface area contributed by atoms with Crippen LogP contribution >= 0.6 is 0 Å². The van der Waals surface area contributed by atoms with Crippen molar-refractivity contribution < 1.29 is 4.42 Å². The normalized spacial score (nSPS) is 12.1. The first kappa shape index (κ1) is 31.4. The number of furan rings is 1. The Morgan fingerprint density at radius 3 is 1.72 bits per heavy atom. The molecule has 0 atom stereocenters. The highest BCUT2D eigenvalue weighted by Crippen LogP contribution is 2.46. The van der Waals surface area contributed by atoms with E-state index in [9.17, 15) is 0 Å². The van der Waals surface area contributed by atoms with Crippen LogP contribution in [0.5, 0.6) is 0 Å². The fraction of sp³-hybridized carbons (Fsp3) is 0. The Morgan fingerprint density at radius 2 is 0.966 bits per heavy atom. The summed E-state index contributed by atoms with van der Waals surface area (Å²) < 4.78 is 9.29. The van der Waals surface area contributed by atoms with E-state index in [0.717, 1.165) is 94.2 Å². The standard InChI is InChI=1S/C54H31N3O/c1-3-14-33(15-4-1)42-30-44-45(31-43(42)34-16-5-2-6-17-34)56-53(52(55-44)36-26-25-32-13-7-8-18-35(32)27-36)37-28-47-51-49(29-37)58-48-24-12-20-39(50(48)51)41-22-11-21-40-38-19-9-10-23-46(38)57(47)54(40)41/h1-31H. The lowest BCUT2D eigenvalue weighted by Crippen LogP contribution is -1.98. The summed E-state index contributed by atoms with van der Waals surface area (Å²) in [7, 11) is 0. The molecular formula is C54H31N3O. The van der Waals surface area contributed by atoms with E-state index in [-0.39, 0.29) is 0 Å². The van der Waals surface area contributed by atoms with E-state index >= 15 is 0 Å². The van der Waals surface area contributed by atoms with Gasteiger partial charge in [-0.25, -0.2) is 9.97 Å². The molecule has 13 rings (SSSR count). The monoisotopic (exact) mass is 737 g/mol. The number of para-hydroxylation sites is 2. The summed E-state index contributed by atoms with van der Waals surface area (Å²) in [6.07, 6.45) is 0. The minimum atomic E-state index is 0.804. The van der Waals surface area contributed by atoms with Crippen LogP contribution < -0.4 is 0 Å². The van der Waals surface area contributed by atoms with E-state index < -0.39 is 0 Å². The Bertz CT molecular complexity index is 3790. The highest BCUT2D eigenvalue weighted by atomic mass is 16.3. The largest absolute Gasteiger partial charge is 0.456 e. The third-order valence-corrected chi connectivity index (χ3v) is 12.1. The average molecular weight is 738 g/mol. The van der Waals surface area contributed by atoms with Crippen LogP contribution in [0.1, 0.15) is 0 Å². The number of aromatic nitrogens is 3. The number of hydrogen-bond donors (Lipinski definition) is 0. The van der Waals surface area contributed by atoms with E-state index in [2.05, 4.69) is 192 Å². The molecule has 0 unspecified atom stereocenters. The first-order valence-electron chi connectivity index (χ1n) is 19.7. The van der Waals surface area contributed by atoms with Gasteiger partial charge in [0.1, 0.15) is 11.2 Å². The molecule has 4 heterocycles. The molecule has 4 heteroatoms. The Labute approximate surface area is 332 Å². The predicted octanol–water partition coefficient (Wildman–Crippen LogP) is 14.5. The maximum atomic E-state index is 6.84. The molecule has 0 saturated carbocycles. The highest BCUT2D eigenvalue weighted by Gasteiger charge is 2.24. The predicted molar refractivity (Wildman–Crippen MR) is 241 cm³/mol. The first-order valence-corrected chi connectivity index (χ1v) is 19.7. The highest BCUT2D eigenvalue weighted by molar-refractivity contribution is 6.30. The second kappa shape index (κ2) is 11.8. The summed E-state index contributed by atoms with van der Waals surface area (Å²) >= 11 is 0. The minimum absolute atomic E-state index is 0.804. The van der Waals surface area contributed by atoms with Gasteiger partial charge in [-0.2, -0.15) is 0 Å². The summed E-state index contributed by atoms with van der Waals surface area (Å²) in [6.45, 7) is 0. The van der Waals surface area contributed by atoms with Crippen molar-refractivity contribution in [1.82, 2.24) is 14.4 Å². The van der Waals surface area contributed by atoms with Crippen molar-refractivity contribution in [1.29, 1.82) is 0 Å². The van der Waals surface area contributed by atoms with E-state index in [1.165, 1.54) is 32.4 Å². The SMILES string of the molecule is c1ccc(-c2cc3nc(-c4ccc5ccccc5c4)c(-c4cc5oc6cccc7c8cccc9c%10ccccc%10n(c(c4)c5c67)c89)nc3cc2-c2ccccc2)cc1. The molecule has 13 aromatic rings. The van der Waals surface area contributed by atoms with Crippen LogP contribution in [0, 0.1) is 0 Å². The molecule has 0 N–H and O–H groups in total. The van der Waals surface area contributed by atoms with Gasteiger partial charge in [-0.05, 0) is 80.9 Å². The van der Waals surface area contributed by atoms with Crippen LogP contribution in [0.2, 0.25) is 0 Å². The van der Waals surface area contributed by atoms with Gasteiger partial charge in [-0.3, -0.25) is 0 Å². The van der Waals surface area contributed by atoms with Gasteiger partial charge < -0.3 is 8.82 Å². The van der Waals surface area contributed by atoms with E-state index in [4.69, 9.17) is 14.4 Å². The smallest absolute Gasteiger partial charge is 0.138 e. The van der Waals surface area contributed by atoms with Crippen LogP contribution in [0.4, 0.5) is 0 Å². The number of benzene rings is 9. The van der Waals surface area contributed by atoms with Crippen molar-refractivity contribution >= 4 is 81.8 Å². The molecule has 0 aliphatic carbocycles. The first-order chi connectivity index (χ1) is 28.7. The molecule has 9 aromatic carbocycles. The van der Waals surface area contributed by atoms with Crippen molar-refractivity contribution in [2.45, 2.75) is 0 Å². The van der Waals surface area contributed by atoms with Gasteiger partial charge in [-0.1, -0.05) is 146 Å². The van der Waals surface area contributed by atoms with Crippen LogP contribution in [0.3, 0.4) is 0 Å². The maximum Gasteiger partial charge on any atom is 0.138 e. The number of rotatable bonds is 4. The van der Waals surface area contributed by atoms with Crippen molar-refractivity contribution in [2.24, 2.45) is 0 Å². The molecule has 0 aliphatic heterocycles. The van der Waals surface area contributed by atoms with Crippen LogP contribution in [0.15, 0.2) is 192 Å². The van der Waals surface area contributed by atoms with Crippen LogP contribution in [0.25, 0.3) is 127 Å². The number of nitrogens with zero attached hydrogens (tertiary/aromatic N) is 3. The maximum absolute atomic E-state index is 6.84. The van der Waals surface area contributed by atoms with Crippen LogP contribution in [-0.4, -0.2) is 14.4 Å². The van der Waals surface area contributed by atoms with Gasteiger partial charge in [0.2, 0.25) is 0 Å². The molecule has 0 fully saturated rings.